The molecule has 1 amide bonds. The second-order valence-corrected chi connectivity index (χ2v) is 4.23. The Kier molecular flexibility index (Phi) is 3.19. The first kappa shape index (κ1) is 12.0. The van der Waals surface area contributed by atoms with Crippen molar-refractivity contribution in [1.29, 1.82) is 0 Å². The van der Waals surface area contributed by atoms with E-state index in [1.54, 1.807) is 6.07 Å². The molecule has 0 aliphatic carbocycles. The molecule has 2 aromatic rings. The van der Waals surface area contributed by atoms with Crippen molar-refractivity contribution in [3.8, 4) is 11.1 Å². The van der Waals surface area contributed by atoms with Gasteiger partial charge < -0.3 is 17.2 Å². The molecule has 0 aromatic heterocycles. The summed E-state index contributed by atoms with van der Waals surface area (Å²) >= 11 is 0. The molecule has 0 aliphatic heterocycles. The van der Waals surface area contributed by atoms with E-state index in [0.717, 1.165) is 16.7 Å². The number of amides is 1. The van der Waals surface area contributed by atoms with Crippen LogP contribution in [-0.2, 0) is 11.2 Å². The molecule has 2 rings (SSSR count). The van der Waals surface area contributed by atoms with Crippen molar-refractivity contribution in [3.63, 3.8) is 0 Å². The van der Waals surface area contributed by atoms with E-state index >= 15 is 0 Å². The van der Waals surface area contributed by atoms with E-state index in [0.29, 0.717) is 11.4 Å². The number of nitrogen functional groups attached to an aromatic ring is 2. The average molecular weight is 241 g/mol. The maximum Gasteiger partial charge on any atom is 0.221 e. The van der Waals surface area contributed by atoms with Crippen molar-refractivity contribution in [3.05, 3.63) is 48.0 Å². The Balaban J connectivity index is 2.31. The van der Waals surface area contributed by atoms with Crippen molar-refractivity contribution >= 4 is 17.3 Å². The fraction of sp³-hybridized carbons (Fsp3) is 0.0714. The lowest BCUT2D eigenvalue weighted by Crippen LogP contribution is -2.13. The topological polar surface area (TPSA) is 95.1 Å². The molecular formula is C14H15N3O. The maximum atomic E-state index is 10.8. The van der Waals surface area contributed by atoms with Crippen LogP contribution in [0.5, 0.6) is 0 Å². The number of hydrogen-bond acceptors (Lipinski definition) is 3. The molecule has 18 heavy (non-hydrogen) atoms. The molecule has 4 heteroatoms. The minimum atomic E-state index is -0.337. The third kappa shape index (κ3) is 2.79. The number of anilines is 2. The Morgan fingerprint density at radius 3 is 1.94 bits per heavy atom. The lowest BCUT2D eigenvalue weighted by Gasteiger charge is -2.06. The van der Waals surface area contributed by atoms with Gasteiger partial charge >= 0.3 is 0 Å². The Morgan fingerprint density at radius 1 is 0.889 bits per heavy atom. The molecule has 92 valence electrons. The fourth-order valence-electron chi connectivity index (χ4n) is 1.86. The van der Waals surface area contributed by atoms with Gasteiger partial charge in [-0.1, -0.05) is 24.3 Å². The van der Waals surface area contributed by atoms with Gasteiger partial charge in [0.1, 0.15) is 0 Å². The summed E-state index contributed by atoms with van der Waals surface area (Å²) in [5.41, 5.74) is 20.8. The summed E-state index contributed by atoms with van der Waals surface area (Å²) in [6.45, 7) is 0. The molecule has 0 atom stereocenters. The van der Waals surface area contributed by atoms with Crippen molar-refractivity contribution in [2.45, 2.75) is 6.42 Å². The predicted molar refractivity (Wildman–Crippen MR) is 73.6 cm³/mol. The Bertz CT molecular complexity index is 556. The van der Waals surface area contributed by atoms with E-state index in [-0.39, 0.29) is 12.3 Å². The summed E-state index contributed by atoms with van der Waals surface area (Å²) in [6.07, 6.45) is 0.249. The Morgan fingerprint density at radius 2 is 1.44 bits per heavy atom. The minimum absolute atomic E-state index is 0.249. The van der Waals surface area contributed by atoms with Crippen LogP contribution >= 0.6 is 0 Å². The van der Waals surface area contributed by atoms with Gasteiger partial charge in [0.15, 0.2) is 0 Å². The van der Waals surface area contributed by atoms with E-state index in [1.807, 2.05) is 36.4 Å². The van der Waals surface area contributed by atoms with E-state index in [9.17, 15) is 4.79 Å². The molecule has 0 saturated carbocycles. The predicted octanol–water partition coefficient (Wildman–Crippen LogP) is 1.55. The van der Waals surface area contributed by atoms with Crippen LogP contribution in [0.3, 0.4) is 0 Å². The highest BCUT2D eigenvalue weighted by molar-refractivity contribution is 5.77. The lowest BCUT2D eigenvalue weighted by atomic mass is 10.0. The number of nitrogens with two attached hydrogens (primary N) is 3. The lowest BCUT2D eigenvalue weighted by molar-refractivity contribution is -0.117. The van der Waals surface area contributed by atoms with E-state index in [4.69, 9.17) is 17.2 Å². The van der Waals surface area contributed by atoms with E-state index in [2.05, 4.69) is 0 Å². The number of rotatable bonds is 3. The number of carbonyl (C=O) groups excluding carboxylic acids is 1. The van der Waals surface area contributed by atoms with Crippen molar-refractivity contribution in [2.75, 3.05) is 11.5 Å². The third-order valence-corrected chi connectivity index (χ3v) is 2.64. The zero-order valence-electron chi connectivity index (χ0n) is 9.89. The molecule has 0 spiro atoms. The molecule has 6 N–H and O–H groups in total. The first-order chi connectivity index (χ1) is 8.54. The minimum Gasteiger partial charge on any atom is -0.399 e. The Hall–Kier alpha value is -2.49. The zero-order chi connectivity index (χ0) is 13.1. The van der Waals surface area contributed by atoms with Gasteiger partial charge in [0.05, 0.1) is 6.42 Å². The van der Waals surface area contributed by atoms with Crippen LogP contribution in [0.2, 0.25) is 0 Å². The standard InChI is InChI=1S/C14H15N3O/c15-12-6-11(7-13(16)8-12)10-3-1-9(2-4-10)5-14(17)18/h1-4,6-8H,5,15-16H2,(H2,17,18). The smallest absolute Gasteiger partial charge is 0.221 e. The first-order valence-corrected chi connectivity index (χ1v) is 5.58. The van der Waals surface area contributed by atoms with Gasteiger partial charge in [-0.15, -0.1) is 0 Å². The summed E-state index contributed by atoms with van der Waals surface area (Å²) in [4.78, 5) is 10.8. The van der Waals surface area contributed by atoms with Crippen LogP contribution < -0.4 is 17.2 Å². The quantitative estimate of drug-likeness (QED) is 0.711. The Labute approximate surface area is 105 Å². The molecule has 0 saturated heterocycles. The number of hydrogen-bond donors (Lipinski definition) is 3. The molecular weight excluding hydrogens is 226 g/mol. The largest absolute Gasteiger partial charge is 0.399 e. The maximum absolute atomic E-state index is 10.8. The van der Waals surface area contributed by atoms with Crippen molar-refractivity contribution < 1.29 is 4.79 Å². The van der Waals surface area contributed by atoms with Gasteiger partial charge in [-0.2, -0.15) is 0 Å². The molecule has 0 aliphatic rings. The normalized spacial score (nSPS) is 10.2. The average Bonchev–Trinajstić information content (AvgIpc) is 2.27. The van der Waals surface area contributed by atoms with E-state index < -0.39 is 0 Å². The zero-order valence-corrected chi connectivity index (χ0v) is 9.89. The molecule has 0 bridgehead atoms. The van der Waals surface area contributed by atoms with E-state index in [1.165, 1.54) is 0 Å². The van der Waals surface area contributed by atoms with Crippen LogP contribution in [0.15, 0.2) is 42.5 Å². The van der Waals surface area contributed by atoms with Gasteiger partial charge in [0, 0.05) is 11.4 Å². The van der Waals surface area contributed by atoms with Crippen LogP contribution in [0, 0.1) is 0 Å². The SMILES string of the molecule is NC(=O)Cc1ccc(-c2cc(N)cc(N)c2)cc1. The second kappa shape index (κ2) is 4.79. The van der Waals surface area contributed by atoms with Crippen LogP contribution in [0.1, 0.15) is 5.56 Å². The monoisotopic (exact) mass is 241 g/mol. The second-order valence-electron chi connectivity index (χ2n) is 4.23. The van der Waals surface area contributed by atoms with Crippen LogP contribution in [0.4, 0.5) is 11.4 Å². The van der Waals surface area contributed by atoms with Gasteiger partial charge in [0.2, 0.25) is 5.91 Å². The first-order valence-electron chi connectivity index (χ1n) is 5.58. The highest BCUT2D eigenvalue weighted by Gasteiger charge is 2.02. The number of benzene rings is 2. The van der Waals surface area contributed by atoms with Gasteiger partial charge in [-0.25, -0.2) is 0 Å². The molecule has 0 fully saturated rings. The third-order valence-electron chi connectivity index (χ3n) is 2.64. The van der Waals surface area contributed by atoms with Gasteiger partial charge in [-0.05, 0) is 34.9 Å². The summed E-state index contributed by atoms with van der Waals surface area (Å²) in [5.74, 6) is -0.337. The summed E-state index contributed by atoms with van der Waals surface area (Å²) in [7, 11) is 0. The molecule has 0 heterocycles. The van der Waals surface area contributed by atoms with Crippen molar-refractivity contribution in [2.24, 2.45) is 5.73 Å². The summed E-state index contributed by atoms with van der Waals surface area (Å²) < 4.78 is 0. The number of primary amides is 1. The molecule has 4 nitrogen and oxygen atoms in total. The number of carbonyl (C=O) groups is 1. The van der Waals surface area contributed by atoms with Crippen molar-refractivity contribution in [1.82, 2.24) is 0 Å². The molecule has 2 aromatic carbocycles. The summed E-state index contributed by atoms with van der Waals surface area (Å²) in [6, 6.07) is 13.0. The highest BCUT2D eigenvalue weighted by atomic mass is 16.1. The van der Waals surface area contributed by atoms with Gasteiger partial charge in [0.25, 0.3) is 0 Å². The van der Waals surface area contributed by atoms with Crippen LogP contribution in [0.25, 0.3) is 11.1 Å². The molecule has 0 radical (unpaired) electrons. The van der Waals surface area contributed by atoms with Gasteiger partial charge in [-0.3, -0.25) is 4.79 Å². The highest BCUT2D eigenvalue weighted by Crippen LogP contribution is 2.25. The summed E-state index contributed by atoms with van der Waals surface area (Å²) in [5, 5.41) is 0. The molecule has 0 unspecified atom stereocenters. The van der Waals surface area contributed by atoms with Crippen LogP contribution in [-0.4, -0.2) is 5.91 Å². The fourth-order valence-corrected chi connectivity index (χ4v) is 1.86.